The molecule has 0 fully saturated rings. The molecule has 23 heavy (non-hydrogen) atoms. The van der Waals surface area contributed by atoms with Crippen molar-refractivity contribution in [2.45, 2.75) is 25.8 Å². The van der Waals surface area contributed by atoms with Gasteiger partial charge in [-0.25, -0.2) is 14.6 Å². The molecule has 0 atom stereocenters. The van der Waals surface area contributed by atoms with E-state index in [2.05, 4.69) is 31.0 Å². The number of halogens is 3. The van der Waals surface area contributed by atoms with Gasteiger partial charge in [-0.3, -0.25) is 0 Å². The highest BCUT2D eigenvalue weighted by atomic mass is 79.9. The van der Waals surface area contributed by atoms with Gasteiger partial charge in [0, 0.05) is 16.5 Å². The van der Waals surface area contributed by atoms with Crippen molar-refractivity contribution in [3.8, 4) is 17.1 Å². The summed E-state index contributed by atoms with van der Waals surface area (Å²) in [6.45, 7) is 1.65. The second-order valence-corrected chi connectivity index (χ2v) is 6.29. The van der Waals surface area contributed by atoms with Crippen LogP contribution in [0.5, 0.6) is 0 Å². The lowest BCUT2D eigenvalue weighted by molar-refractivity contribution is -0.0134. The summed E-state index contributed by atoms with van der Waals surface area (Å²) >= 11 is 3.44. The average Bonchev–Trinajstić information content (AvgIpc) is 3.13. The molecule has 2 aromatic heterocycles. The standard InChI is InChI=1S/C15H12BrF2N5/c1-2-15(17,18)13-12-6-23-14(19-7-21-23)10-5-9(16)3-4-11(10)22(12)8-20-13/h3-5,7-8H,2,6H2,1H3. The molecule has 0 spiro atoms. The number of nitrogens with zero attached hydrogens (tertiary/aromatic N) is 5. The molecule has 118 valence electrons. The van der Waals surface area contributed by atoms with E-state index < -0.39 is 5.92 Å². The summed E-state index contributed by atoms with van der Waals surface area (Å²) in [5.41, 5.74) is 1.82. The fraction of sp³-hybridized carbons (Fsp3) is 0.267. The molecule has 0 saturated carbocycles. The molecule has 0 N–H and O–H groups in total. The molecule has 0 radical (unpaired) electrons. The predicted molar refractivity (Wildman–Crippen MR) is 83.6 cm³/mol. The summed E-state index contributed by atoms with van der Waals surface area (Å²) in [5, 5.41) is 4.18. The molecule has 0 aliphatic carbocycles. The van der Waals surface area contributed by atoms with E-state index in [4.69, 9.17) is 0 Å². The molecule has 1 aromatic carbocycles. The zero-order valence-electron chi connectivity index (χ0n) is 12.2. The summed E-state index contributed by atoms with van der Waals surface area (Å²) in [6.07, 6.45) is 2.59. The highest BCUT2D eigenvalue weighted by molar-refractivity contribution is 9.10. The Labute approximate surface area is 139 Å². The Morgan fingerprint density at radius 3 is 2.91 bits per heavy atom. The number of alkyl halides is 2. The Balaban J connectivity index is 2.03. The van der Waals surface area contributed by atoms with Crippen LogP contribution < -0.4 is 0 Å². The van der Waals surface area contributed by atoms with E-state index in [0.29, 0.717) is 11.5 Å². The normalized spacial score (nSPS) is 13.2. The Bertz CT molecular complexity index is 899. The van der Waals surface area contributed by atoms with Crippen LogP contribution in [-0.2, 0) is 12.5 Å². The summed E-state index contributed by atoms with van der Waals surface area (Å²) in [4.78, 5) is 8.28. The Morgan fingerprint density at radius 1 is 1.30 bits per heavy atom. The van der Waals surface area contributed by atoms with Crippen molar-refractivity contribution in [2.24, 2.45) is 0 Å². The molecule has 0 amide bonds. The average molecular weight is 380 g/mol. The first-order valence-electron chi connectivity index (χ1n) is 7.14. The van der Waals surface area contributed by atoms with E-state index in [0.717, 1.165) is 15.7 Å². The van der Waals surface area contributed by atoms with Gasteiger partial charge in [0.25, 0.3) is 5.92 Å². The predicted octanol–water partition coefficient (Wildman–Crippen LogP) is 3.76. The fourth-order valence-electron chi connectivity index (χ4n) is 2.83. The van der Waals surface area contributed by atoms with Crippen LogP contribution >= 0.6 is 15.9 Å². The van der Waals surface area contributed by atoms with Gasteiger partial charge in [0.1, 0.15) is 18.3 Å². The first-order chi connectivity index (χ1) is 11.0. The number of rotatable bonds is 2. The monoisotopic (exact) mass is 379 g/mol. The number of fused-ring (bicyclic) bond motifs is 5. The molecular formula is C15H12BrF2N5. The Morgan fingerprint density at radius 2 is 2.13 bits per heavy atom. The first kappa shape index (κ1) is 14.5. The van der Waals surface area contributed by atoms with Crippen LogP contribution in [0.1, 0.15) is 24.7 Å². The van der Waals surface area contributed by atoms with Crippen LogP contribution in [0.2, 0.25) is 0 Å². The third-order valence-corrected chi connectivity index (χ3v) is 4.52. The smallest absolute Gasteiger partial charge is 0.291 e. The van der Waals surface area contributed by atoms with E-state index in [1.54, 1.807) is 9.25 Å². The van der Waals surface area contributed by atoms with Crippen molar-refractivity contribution in [3.05, 3.63) is 46.7 Å². The van der Waals surface area contributed by atoms with Gasteiger partial charge >= 0.3 is 0 Å². The van der Waals surface area contributed by atoms with Crippen molar-refractivity contribution in [3.63, 3.8) is 0 Å². The topological polar surface area (TPSA) is 48.5 Å². The van der Waals surface area contributed by atoms with Gasteiger partial charge in [0.15, 0.2) is 5.82 Å². The number of benzene rings is 1. The maximum absolute atomic E-state index is 14.3. The van der Waals surface area contributed by atoms with Gasteiger partial charge in [0.2, 0.25) is 0 Å². The Hall–Kier alpha value is -2.09. The molecule has 0 saturated heterocycles. The molecule has 0 unspecified atom stereocenters. The second-order valence-electron chi connectivity index (χ2n) is 5.37. The third-order valence-electron chi connectivity index (χ3n) is 4.03. The quantitative estimate of drug-likeness (QED) is 0.532. The van der Waals surface area contributed by atoms with E-state index in [9.17, 15) is 8.78 Å². The SMILES string of the molecule is CCC(F)(F)c1ncn2c1Cn1ncnc1-c1cc(Br)ccc1-2. The van der Waals surface area contributed by atoms with Gasteiger partial charge in [-0.15, -0.1) is 0 Å². The van der Waals surface area contributed by atoms with Crippen molar-refractivity contribution >= 4 is 15.9 Å². The minimum atomic E-state index is -2.97. The minimum Gasteiger partial charge on any atom is -0.300 e. The number of aromatic nitrogens is 5. The van der Waals surface area contributed by atoms with E-state index in [1.807, 2.05) is 18.2 Å². The van der Waals surface area contributed by atoms with E-state index in [-0.39, 0.29) is 18.7 Å². The fourth-order valence-corrected chi connectivity index (χ4v) is 3.19. The molecular weight excluding hydrogens is 368 g/mol. The van der Waals surface area contributed by atoms with Crippen molar-refractivity contribution in [2.75, 3.05) is 0 Å². The summed E-state index contributed by atoms with van der Waals surface area (Å²) in [7, 11) is 0. The molecule has 1 aliphatic rings. The maximum atomic E-state index is 14.3. The van der Waals surface area contributed by atoms with Gasteiger partial charge < -0.3 is 4.57 Å². The summed E-state index contributed by atoms with van der Waals surface area (Å²) in [6, 6.07) is 5.64. The lowest BCUT2D eigenvalue weighted by atomic mass is 10.1. The van der Waals surface area contributed by atoms with Crippen LogP contribution in [0.25, 0.3) is 17.1 Å². The highest BCUT2D eigenvalue weighted by Gasteiger charge is 2.37. The first-order valence-corrected chi connectivity index (χ1v) is 7.93. The van der Waals surface area contributed by atoms with Gasteiger partial charge in [-0.05, 0) is 18.2 Å². The lowest BCUT2D eigenvalue weighted by Crippen LogP contribution is -2.17. The van der Waals surface area contributed by atoms with Crippen molar-refractivity contribution in [1.82, 2.24) is 24.3 Å². The largest absolute Gasteiger partial charge is 0.300 e. The minimum absolute atomic E-state index is 0.197. The molecule has 5 nitrogen and oxygen atoms in total. The molecule has 3 heterocycles. The summed E-state index contributed by atoms with van der Waals surface area (Å²) < 4.78 is 32.7. The highest BCUT2D eigenvalue weighted by Crippen LogP contribution is 2.38. The zero-order chi connectivity index (χ0) is 16.2. The second kappa shape index (κ2) is 4.95. The van der Waals surface area contributed by atoms with Crippen molar-refractivity contribution < 1.29 is 8.78 Å². The van der Waals surface area contributed by atoms with E-state index in [1.165, 1.54) is 19.6 Å². The van der Waals surface area contributed by atoms with Crippen molar-refractivity contribution in [1.29, 1.82) is 0 Å². The number of hydrogen-bond donors (Lipinski definition) is 0. The molecule has 1 aliphatic heterocycles. The number of imidazole rings is 1. The maximum Gasteiger partial charge on any atom is 0.291 e. The van der Waals surface area contributed by atoms with Crippen LogP contribution in [0.4, 0.5) is 8.78 Å². The van der Waals surface area contributed by atoms with Crippen LogP contribution in [0.3, 0.4) is 0 Å². The molecule has 0 bridgehead atoms. The van der Waals surface area contributed by atoms with Gasteiger partial charge in [-0.2, -0.15) is 13.9 Å². The third kappa shape index (κ3) is 2.12. The van der Waals surface area contributed by atoms with Crippen LogP contribution in [-0.4, -0.2) is 24.3 Å². The zero-order valence-corrected chi connectivity index (χ0v) is 13.8. The summed E-state index contributed by atoms with van der Waals surface area (Å²) in [5.74, 6) is -2.32. The molecule has 3 aromatic rings. The lowest BCUT2D eigenvalue weighted by Gasteiger charge is -2.14. The van der Waals surface area contributed by atoms with Crippen LogP contribution in [0.15, 0.2) is 35.3 Å². The molecule has 4 rings (SSSR count). The number of hydrogen-bond acceptors (Lipinski definition) is 3. The van der Waals surface area contributed by atoms with Gasteiger partial charge in [0.05, 0.1) is 17.9 Å². The van der Waals surface area contributed by atoms with E-state index >= 15 is 0 Å². The molecule has 8 heteroatoms. The van der Waals surface area contributed by atoms with Crippen LogP contribution in [0, 0.1) is 0 Å². The Kier molecular flexibility index (Phi) is 3.12. The van der Waals surface area contributed by atoms with Gasteiger partial charge in [-0.1, -0.05) is 22.9 Å².